The average molecular weight is 370 g/mol. The van der Waals surface area contributed by atoms with Gasteiger partial charge in [-0.25, -0.2) is 8.42 Å². The highest BCUT2D eigenvalue weighted by Crippen LogP contribution is 2.26. The maximum atomic E-state index is 12.3. The molecule has 2 aromatic carbocycles. The second-order valence-electron chi connectivity index (χ2n) is 4.91. The van der Waals surface area contributed by atoms with E-state index in [0.717, 1.165) is 5.56 Å². The predicted molar refractivity (Wildman–Crippen MR) is 90.0 cm³/mol. The molecule has 0 heterocycles. The number of halogens is 1. The number of benzene rings is 2. The van der Waals surface area contributed by atoms with Crippen molar-refractivity contribution in [3.8, 4) is 11.5 Å². The fourth-order valence-electron chi connectivity index (χ4n) is 1.87. The van der Waals surface area contributed by atoms with E-state index < -0.39 is 22.5 Å². The van der Waals surface area contributed by atoms with E-state index in [1.54, 1.807) is 24.3 Å². The van der Waals surface area contributed by atoms with E-state index in [0.29, 0.717) is 5.75 Å². The molecule has 0 amide bonds. The number of carbonyl (C=O) groups is 1. The monoisotopic (exact) mass is 369 g/mol. The number of methoxy groups -OCH3 is 1. The molecule has 0 aliphatic carbocycles. The quantitative estimate of drug-likeness (QED) is 0.625. The molecule has 0 aliphatic rings. The van der Waals surface area contributed by atoms with Gasteiger partial charge in [0.15, 0.2) is 0 Å². The van der Waals surface area contributed by atoms with Crippen LogP contribution < -0.4 is 14.2 Å². The van der Waals surface area contributed by atoms with Crippen LogP contribution in [0.1, 0.15) is 5.56 Å². The number of sulfonamides is 1. The van der Waals surface area contributed by atoms with Crippen molar-refractivity contribution in [2.24, 2.45) is 0 Å². The molecule has 0 aromatic heterocycles. The molecule has 0 aliphatic heterocycles. The fraction of sp³-hybridized carbons (Fsp3) is 0.188. The van der Waals surface area contributed by atoms with Gasteiger partial charge in [-0.2, -0.15) is 4.72 Å². The van der Waals surface area contributed by atoms with Crippen molar-refractivity contribution in [2.75, 3.05) is 13.7 Å². The lowest BCUT2D eigenvalue weighted by Gasteiger charge is -2.11. The Kier molecular flexibility index (Phi) is 5.82. The highest BCUT2D eigenvalue weighted by atomic mass is 35.5. The molecule has 0 bridgehead atoms. The lowest BCUT2D eigenvalue weighted by molar-refractivity contribution is -0.133. The van der Waals surface area contributed by atoms with Gasteiger partial charge in [-0.1, -0.05) is 29.3 Å². The molecule has 0 saturated heterocycles. The van der Waals surface area contributed by atoms with Crippen LogP contribution in [0.15, 0.2) is 47.4 Å². The van der Waals surface area contributed by atoms with Crippen LogP contribution in [0, 0.1) is 6.92 Å². The van der Waals surface area contributed by atoms with Crippen LogP contribution in [0.5, 0.6) is 11.5 Å². The van der Waals surface area contributed by atoms with Crippen LogP contribution in [-0.2, 0) is 14.8 Å². The van der Waals surface area contributed by atoms with Crippen molar-refractivity contribution in [3.05, 3.63) is 53.1 Å². The van der Waals surface area contributed by atoms with E-state index in [1.807, 2.05) is 6.92 Å². The van der Waals surface area contributed by atoms with Crippen molar-refractivity contribution in [1.29, 1.82) is 0 Å². The number of ether oxygens (including phenoxy) is 2. The summed E-state index contributed by atoms with van der Waals surface area (Å²) in [7, 11) is -2.64. The summed E-state index contributed by atoms with van der Waals surface area (Å²) in [5.41, 5.74) is 1.02. The Labute approximate surface area is 145 Å². The predicted octanol–water partition coefficient (Wildman–Crippen LogP) is 2.54. The molecule has 1 N–H and O–H groups in total. The molecule has 8 heteroatoms. The Balaban J connectivity index is 2.06. The van der Waals surface area contributed by atoms with E-state index in [9.17, 15) is 13.2 Å². The SMILES string of the molecule is COc1ccc(Cl)cc1S(=O)(=O)NCC(=O)Oc1ccc(C)cc1. The van der Waals surface area contributed by atoms with Gasteiger partial charge in [0.2, 0.25) is 10.0 Å². The molecule has 2 aromatic rings. The molecule has 0 atom stereocenters. The highest BCUT2D eigenvalue weighted by molar-refractivity contribution is 7.89. The third-order valence-electron chi connectivity index (χ3n) is 3.07. The number of nitrogens with one attached hydrogen (secondary N) is 1. The maximum absolute atomic E-state index is 12.3. The summed E-state index contributed by atoms with van der Waals surface area (Å²) in [6.07, 6.45) is 0. The Hall–Kier alpha value is -2.09. The summed E-state index contributed by atoms with van der Waals surface area (Å²) in [6.45, 7) is 1.38. The average Bonchev–Trinajstić information content (AvgIpc) is 2.55. The minimum Gasteiger partial charge on any atom is -0.495 e. The number of esters is 1. The van der Waals surface area contributed by atoms with Gasteiger partial charge in [0.05, 0.1) is 7.11 Å². The number of rotatable bonds is 6. The van der Waals surface area contributed by atoms with Crippen LogP contribution >= 0.6 is 11.6 Å². The zero-order chi connectivity index (χ0) is 17.7. The van der Waals surface area contributed by atoms with Gasteiger partial charge in [0.1, 0.15) is 22.9 Å². The van der Waals surface area contributed by atoms with Crippen molar-refractivity contribution in [3.63, 3.8) is 0 Å². The van der Waals surface area contributed by atoms with Gasteiger partial charge in [-0.05, 0) is 37.3 Å². The molecule has 0 saturated carbocycles. The van der Waals surface area contributed by atoms with Crippen molar-refractivity contribution >= 4 is 27.6 Å². The van der Waals surface area contributed by atoms with Crippen LogP contribution in [0.4, 0.5) is 0 Å². The Morgan fingerprint density at radius 3 is 2.46 bits per heavy atom. The van der Waals surface area contributed by atoms with Crippen molar-refractivity contribution < 1.29 is 22.7 Å². The van der Waals surface area contributed by atoms with E-state index in [1.165, 1.54) is 25.3 Å². The topological polar surface area (TPSA) is 81.7 Å². The molecule has 2 rings (SSSR count). The van der Waals surface area contributed by atoms with Gasteiger partial charge >= 0.3 is 5.97 Å². The summed E-state index contributed by atoms with van der Waals surface area (Å²) < 4.78 is 36.8. The normalized spacial score (nSPS) is 11.1. The largest absolute Gasteiger partial charge is 0.495 e. The molecule has 24 heavy (non-hydrogen) atoms. The molecular weight excluding hydrogens is 354 g/mol. The summed E-state index contributed by atoms with van der Waals surface area (Å²) in [4.78, 5) is 11.6. The molecule has 0 radical (unpaired) electrons. The Morgan fingerprint density at radius 2 is 1.83 bits per heavy atom. The number of hydrogen-bond acceptors (Lipinski definition) is 5. The minimum absolute atomic E-state index is 0.124. The standard InChI is InChI=1S/C16H16ClNO5S/c1-11-3-6-13(7-4-11)23-16(19)10-18-24(20,21)15-9-12(17)5-8-14(15)22-2/h3-9,18H,10H2,1-2H3. The zero-order valence-electron chi connectivity index (χ0n) is 13.1. The van der Waals surface area contributed by atoms with Gasteiger partial charge in [-0.15, -0.1) is 0 Å². The zero-order valence-corrected chi connectivity index (χ0v) is 14.6. The van der Waals surface area contributed by atoms with Gasteiger partial charge in [0.25, 0.3) is 0 Å². The highest BCUT2D eigenvalue weighted by Gasteiger charge is 2.21. The maximum Gasteiger partial charge on any atom is 0.326 e. The fourth-order valence-corrected chi connectivity index (χ4v) is 3.26. The third kappa shape index (κ3) is 4.70. The summed E-state index contributed by atoms with van der Waals surface area (Å²) in [6, 6.07) is 11.0. The summed E-state index contributed by atoms with van der Waals surface area (Å²) in [5.74, 6) is -0.271. The van der Waals surface area contributed by atoms with Crippen molar-refractivity contribution in [1.82, 2.24) is 4.72 Å². The third-order valence-corrected chi connectivity index (χ3v) is 4.73. The number of hydrogen-bond donors (Lipinski definition) is 1. The van der Waals surface area contributed by atoms with Crippen LogP contribution in [-0.4, -0.2) is 28.0 Å². The summed E-state index contributed by atoms with van der Waals surface area (Å²) in [5, 5.41) is 0.235. The number of aryl methyl sites for hydroxylation is 1. The minimum atomic E-state index is -3.98. The van der Waals surface area contributed by atoms with E-state index >= 15 is 0 Å². The first kappa shape index (κ1) is 18.3. The molecule has 6 nitrogen and oxygen atoms in total. The van der Waals surface area contributed by atoms with Crippen LogP contribution in [0.3, 0.4) is 0 Å². The van der Waals surface area contributed by atoms with Crippen molar-refractivity contribution in [2.45, 2.75) is 11.8 Å². The molecule has 0 fully saturated rings. The van der Waals surface area contributed by atoms with E-state index in [2.05, 4.69) is 4.72 Å². The van der Waals surface area contributed by atoms with E-state index in [4.69, 9.17) is 21.1 Å². The van der Waals surface area contributed by atoms with Gasteiger partial charge in [-0.3, -0.25) is 4.79 Å². The molecule has 0 unspecified atom stereocenters. The lowest BCUT2D eigenvalue weighted by Crippen LogP contribution is -2.32. The Bertz CT molecular complexity index is 834. The van der Waals surface area contributed by atoms with Gasteiger partial charge < -0.3 is 9.47 Å². The first-order chi connectivity index (χ1) is 11.3. The first-order valence-electron chi connectivity index (χ1n) is 6.92. The van der Waals surface area contributed by atoms with Crippen LogP contribution in [0.2, 0.25) is 5.02 Å². The van der Waals surface area contributed by atoms with E-state index in [-0.39, 0.29) is 15.7 Å². The molecule has 0 spiro atoms. The lowest BCUT2D eigenvalue weighted by atomic mass is 10.2. The Morgan fingerprint density at radius 1 is 1.17 bits per heavy atom. The molecule has 128 valence electrons. The molecular formula is C16H16ClNO5S. The van der Waals surface area contributed by atoms with Crippen LogP contribution in [0.25, 0.3) is 0 Å². The second kappa shape index (κ2) is 7.65. The first-order valence-corrected chi connectivity index (χ1v) is 8.78. The second-order valence-corrected chi connectivity index (χ2v) is 7.08. The summed E-state index contributed by atoms with van der Waals surface area (Å²) >= 11 is 5.82. The smallest absolute Gasteiger partial charge is 0.326 e. The number of carbonyl (C=O) groups excluding carboxylic acids is 1. The van der Waals surface area contributed by atoms with Gasteiger partial charge in [0, 0.05) is 5.02 Å².